The van der Waals surface area contributed by atoms with Gasteiger partial charge in [0.25, 0.3) is 5.91 Å². The fourth-order valence-corrected chi connectivity index (χ4v) is 3.96. The quantitative estimate of drug-likeness (QED) is 0.490. The average molecular weight is 449 g/mol. The third-order valence-corrected chi connectivity index (χ3v) is 5.65. The first-order valence-electron chi connectivity index (χ1n) is 11.1. The number of nitrogens with zero attached hydrogens (tertiary/aromatic N) is 2. The van der Waals surface area contributed by atoms with Crippen molar-refractivity contribution in [1.29, 1.82) is 0 Å². The van der Waals surface area contributed by atoms with Crippen LogP contribution in [-0.4, -0.2) is 60.4 Å². The number of furan rings is 1. The smallest absolute Gasteiger partial charge is 0.290 e. The van der Waals surface area contributed by atoms with Crippen LogP contribution >= 0.6 is 0 Å². The van der Waals surface area contributed by atoms with E-state index in [0.717, 1.165) is 17.4 Å². The maximum absolute atomic E-state index is 13.5. The van der Waals surface area contributed by atoms with E-state index >= 15 is 0 Å². The molecule has 1 unspecified atom stereocenters. The predicted molar refractivity (Wildman–Crippen MR) is 125 cm³/mol. The molecule has 33 heavy (non-hydrogen) atoms. The van der Waals surface area contributed by atoms with Gasteiger partial charge in [0, 0.05) is 18.5 Å². The molecule has 1 aliphatic heterocycles. The molecule has 0 radical (unpaired) electrons. The summed E-state index contributed by atoms with van der Waals surface area (Å²) in [6.45, 7) is 3.57. The lowest BCUT2D eigenvalue weighted by Gasteiger charge is -2.28. The number of carbonyl (C=O) groups excluding carboxylic acids is 2. The molecule has 2 heterocycles. The fourth-order valence-electron chi connectivity index (χ4n) is 3.96. The van der Waals surface area contributed by atoms with Crippen molar-refractivity contribution in [1.82, 2.24) is 9.80 Å². The van der Waals surface area contributed by atoms with E-state index in [1.165, 1.54) is 4.90 Å². The lowest BCUT2D eigenvalue weighted by molar-refractivity contribution is -0.129. The first-order chi connectivity index (χ1) is 15.9. The number of benzene rings is 2. The molecule has 0 spiro atoms. The second-order valence-corrected chi connectivity index (χ2v) is 8.36. The lowest BCUT2D eigenvalue weighted by Crippen LogP contribution is -2.36. The van der Waals surface area contributed by atoms with Crippen LogP contribution in [0.4, 0.5) is 0 Å². The number of fused-ring (bicyclic) bond motifs is 1. The minimum Gasteiger partial charge on any atom is -0.503 e. The van der Waals surface area contributed by atoms with Crippen molar-refractivity contribution in [2.24, 2.45) is 0 Å². The highest BCUT2D eigenvalue weighted by molar-refractivity contribution is 6.16. The molecule has 172 valence electrons. The van der Waals surface area contributed by atoms with Gasteiger partial charge in [-0.2, -0.15) is 0 Å². The van der Waals surface area contributed by atoms with E-state index in [4.69, 9.17) is 9.15 Å². The maximum atomic E-state index is 13.5. The normalized spacial score (nSPS) is 16.3. The highest BCUT2D eigenvalue weighted by Gasteiger charge is 2.44. The summed E-state index contributed by atoms with van der Waals surface area (Å²) in [5.41, 5.74) is 1.32. The molecule has 1 amide bonds. The van der Waals surface area contributed by atoms with E-state index in [-0.39, 0.29) is 11.3 Å². The number of likely N-dealkylation sites (N-methyl/N-ethyl adjacent to an activating group) is 1. The number of aliphatic hydroxyl groups is 1. The van der Waals surface area contributed by atoms with Crippen molar-refractivity contribution in [3.05, 3.63) is 77.3 Å². The van der Waals surface area contributed by atoms with Crippen molar-refractivity contribution in [3.63, 3.8) is 0 Å². The average Bonchev–Trinajstić information content (AvgIpc) is 3.35. The lowest BCUT2D eigenvalue weighted by atomic mass is 9.95. The van der Waals surface area contributed by atoms with Gasteiger partial charge in [0.05, 0.1) is 18.2 Å². The van der Waals surface area contributed by atoms with Gasteiger partial charge < -0.3 is 24.1 Å². The number of rotatable bonds is 9. The van der Waals surface area contributed by atoms with E-state index in [9.17, 15) is 14.7 Å². The Bertz CT molecular complexity index is 1160. The van der Waals surface area contributed by atoms with Gasteiger partial charge in [-0.05, 0) is 50.3 Å². The van der Waals surface area contributed by atoms with E-state index in [0.29, 0.717) is 31.0 Å². The van der Waals surface area contributed by atoms with Crippen LogP contribution in [0.25, 0.3) is 11.0 Å². The van der Waals surface area contributed by atoms with Crippen LogP contribution in [0.15, 0.2) is 70.3 Å². The zero-order chi connectivity index (χ0) is 23.5. The predicted octanol–water partition coefficient (Wildman–Crippen LogP) is 4.36. The molecule has 0 saturated carbocycles. The number of carbonyl (C=O) groups is 2. The van der Waals surface area contributed by atoms with E-state index in [1.54, 1.807) is 12.1 Å². The Morgan fingerprint density at radius 3 is 2.55 bits per heavy atom. The summed E-state index contributed by atoms with van der Waals surface area (Å²) in [5, 5.41) is 11.6. The Morgan fingerprint density at radius 2 is 1.88 bits per heavy atom. The largest absolute Gasteiger partial charge is 0.503 e. The van der Waals surface area contributed by atoms with Gasteiger partial charge in [0.1, 0.15) is 11.3 Å². The fraction of sp³-hybridized carbons (Fsp3) is 0.308. The summed E-state index contributed by atoms with van der Waals surface area (Å²) in [7, 11) is 3.81. The Morgan fingerprint density at radius 1 is 1.15 bits per heavy atom. The second-order valence-electron chi connectivity index (χ2n) is 8.36. The Kier molecular flexibility index (Phi) is 6.51. The van der Waals surface area contributed by atoms with Crippen molar-refractivity contribution in [2.45, 2.75) is 19.4 Å². The number of ether oxygens (including phenoxy) is 1. The third kappa shape index (κ3) is 4.50. The van der Waals surface area contributed by atoms with Crippen LogP contribution in [0.2, 0.25) is 0 Å². The van der Waals surface area contributed by atoms with Gasteiger partial charge in [-0.1, -0.05) is 37.3 Å². The molecular formula is C26H28N2O5. The highest BCUT2D eigenvalue weighted by atomic mass is 16.5. The number of Topliss-reactive ketones (excluding diaryl/α,β-unsaturated/α-hetero) is 1. The molecule has 7 nitrogen and oxygen atoms in total. The molecule has 7 heteroatoms. The standard InChI is InChI=1S/C26H28N2O5/c1-4-15-32-19-11-9-17(10-12-19)23-22(25(30)26(31)28(23)14-13-27(2)3)24(29)21-16-18-7-5-6-8-20(18)33-21/h5-12,16,23,30H,4,13-15H2,1-3H3. The number of hydrogen-bond acceptors (Lipinski definition) is 6. The molecule has 3 aromatic rings. The zero-order valence-corrected chi connectivity index (χ0v) is 19.1. The third-order valence-electron chi connectivity index (χ3n) is 5.65. The summed E-state index contributed by atoms with van der Waals surface area (Å²) >= 11 is 0. The molecule has 1 aromatic heterocycles. The van der Waals surface area contributed by atoms with E-state index in [1.807, 2.05) is 68.4 Å². The van der Waals surface area contributed by atoms with Crippen molar-refractivity contribution in [2.75, 3.05) is 33.8 Å². The van der Waals surface area contributed by atoms with Gasteiger partial charge in [-0.25, -0.2) is 0 Å². The van der Waals surface area contributed by atoms with Gasteiger partial charge in [-0.3, -0.25) is 9.59 Å². The monoisotopic (exact) mass is 448 g/mol. The topological polar surface area (TPSA) is 83.2 Å². The molecule has 1 atom stereocenters. The van der Waals surface area contributed by atoms with Crippen molar-refractivity contribution in [3.8, 4) is 5.75 Å². The minimum atomic E-state index is -0.724. The van der Waals surface area contributed by atoms with Gasteiger partial charge in [-0.15, -0.1) is 0 Å². The van der Waals surface area contributed by atoms with Crippen LogP contribution in [0.1, 0.15) is 35.5 Å². The van der Waals surface area contributed by atoms with Crippen LogP contribution < -0.4 is 4.74 Å². The summed E-state index contributed by atoms with van der Waals surface area (Å²) < 4.78 is 11.4. The molecular weight excluding hydrogens is 420 g/mol. The molecule has 0 bridgehead atoms. The van der Waals surface area contributed by atoms with E-state index < -0.39 is 23.5 Å². The van der Waals surface area contributed by atoms with Crippen LogP contribution in [0.3, 0.4) is 0 Å². The van der Waals surface area contributed by atoms with Gasteiger partial charge in [0.2, 0.25) is 5.78 Å². The van der Waals surface area contributed by atoms with Crippen molar-refractivity contribution >= 4 is 22.7 Å². The Balaban J connectivity index is 1.73. The number of para-hydroxylation sites is 1. The molecule has 4 rings (SSSR count). The summed E-state index contributed by atoms with van der Waals surface area (Å²) in [6, 6.07) is 15.5. The molecule has 0 saturated heterocycles. The molecule has 2 aromatic carbocycles. The maximum Gasteiger partial charge on any atom is 0.290 e. The first kappa shape index (κ1) is 22.6. The number of hydrogen-bond donors (Lipinski definition) is 1. The van der Waals surface area contributed by atoms with E-state index in [2.05, 4.69) is 0 Å². The molecule has 1 N–H and O–H groups in total. The minimum absolute atomic E-state index is 0.0278. The van der Waals surface area contributed by atoms with Crippen LogP contribution in [0.5, 0.6) is 5.75 Å². The number of amides is 1. The van der Waals surface area contributed by atoms with Gasteiger partial charge in [0.15, 0.2) is 11.5 Å². The second kappa shape index (κ2) is 9.50. The van der Waals surface area contributed by atoms with Crippen molar-refractivity contribution < 1.29 is 23.8 Å². The molecule has 0 aliphatic carbocycles. The van der Waals surface area contributed by atoms with Gasteiger partial charge >= 0.3 is 0 Å². The summed E-state index contributed by atoms with van der Waals surface area (Å²) in [6.07, 6.45) is 0.893. The molecule has 0 fully saturated rings. The Hall–Kier alpha value is -3.58. The number of ketones is 1. The molecule has 1 aliphatic rings. The van der Waals surface area contributed by atoms with Crippen LogP contribution in [-0.2, 0) is 4.79 Å². The SMILES string of the molecule is CCCOc1ccc(C2C(C(=O)c3cc4ccccc4o3)=C(O)C(=O)N2CCN(C)C)cc1. The number of aliphatic hydroxyl groups excluding tert-OH is 1. The highest BCUT2D eigenvalue weighted by Crippen LogP contribution is 2.40. The summed E-state index contributed by atoms with van der Waals surface area (Å²) in [5.74, 6) is -0.792. The first-order valence-corrected chi connectivity index (χ1v) is 11.1. The zero-order valence-electron chi connectivity index (χ0n) is 19.1. The summed E-state index contributed by atoms with van der Waals surface area (Å²) in [4.78, 5) is 30.0. The van der Waals surface area contributed by atoms with Crippen LogP contribution in [0, 0.1) is 0 Å². The Labute approximate surface area is 192 Å².